The molecule has 0 unspecified atom stereocenters. The monoisotopic (exact) mass is 414 g/mol. The Balaban J connectivity index is 1.18. The smallest absolute Gasteiger partial charge is 0.227 e. The SMILES string of the molecule is C[C@@H]1CCCN1CCc1ccc(C2=CC[C@@H]3CN(C(=O)Cc4ccccc4)C[C@H]23)cc1. The lowest BCUT2D eigenvalue weighted by molar-refractivity contribution is -0.129. The van der Waals surface area contributed by atoms with Gasteiger partial charge in [-0.3, -0.25) is 4.79 Å². The van der Waals surface area contributed by atoms with Gasteiger partial charge >= 0.3 is 0 Å². The molecule has 3 nitrogen and oxygen atoms in total. The Bertz CT molecular complexity index is 933. The van der Waals surface area contributed by atoms with Gasteiger partial charge in [-0.25, -0.2) is 0 Å². The van der Waals surface area contributed by atoms with E-state index in [1.165, 1.54) is 42.6 Å². The maximum Gasteiger partial charge on any atom is 0.227 e. The second kappa shape index (κ2) is 9.00. The average Bonchev–Trinajstić information content (AvgIpc) is 3.49. The first-order valence-corrected chi connectivity index (χ1v) is 12.0. The Labute approximate surface area is 186 Å². The van der Waals surface area contributed by atoms with Gasteiger partial charge in [0, 0.05) is 31.6 Å². The lowest BCUT2D eigenvalue weighted by Crippen LogP contribution is -2.30. The molecule has 2 fully saturated rings. The summed E-state index contributed by atoms with van der Waals surface area (Å²) in [6, 6.07) is 20.1. The molecule has 2 aromatic carbocycles. The van der Waals surface area contributed by atoms with Crippen molar-refractivity contribution in [3.05, 3.63) is 77.4 Å². The standard InChI is InChI=1S/C28H34N2O/c1-21-6-5-16-29(21)17-15-22-9-11-24(12-10-22)26-14-13-25-19-30(20-27(25)26)28(31)18-23-7-3-2-4-8-23/h2-4,7-12,14,21,25,27H,5-6,13,15-20H2,1H3/t21-,25-,27+/m1/s1. The summed E-state index contributed by atoms with van der Waals surface area (Å²) >= 11 is 0. The van der Waals surface area contributed by atoms with E-state index < -0.39 is 0 Å². The molecule has 2 aliphatic heterocycles. The highest BCUT2D eigenvalue weighted by molar-refractivity contribution is 5.80. The molecule has 162 valence electrons. The second-order valence-electron chi connectivity index (χ2n) is 9.70. The molecule has 2 heterocycles. The van der Waals surface area contributed by atoms with Crippen LogP contribution in [0, 0.1) is 11.8 Å². The van der Waals surface area contributed by atoms with Crippen molar-refractivity contribution < 1.29 is 4.79 Å². The van der Waals surface area contributed by atoms with Gasteiger partial charge in [0.25, 0.3) is 0 Å². The topological polar surface area (TPSA) is 23.6 Å². The summed E-state index contributed by atoms with van der Waals surface area (Å²) in [5.41, 5.74) is 5.35. The molecule has 31 heavy (non-hydrogen) atoms. The zero-order valence-electron chi connectivity index (χ0n) is 18.7. The van der Waals surface area contributed by atoms with Crippen LogP contribution in [0.4, 0.5) is 0 Å². The zero-order valence-corrected chi connectivity index (χ0v) is 18.7. The minimum absolute atomic E-state index is 0.270. The number of fused-ring (bicyclic) bond motifs is 1. The van der Waals surface area contributed by atoms with Gasteiger partial charge in [0.05, 0.1) is 6.42 Å². The summed E-state index contributed by atoms with van der Waals surface area (Å²) in [4.78, 5) is 17.6. The minimum Gasteiger partial charge on any atom is -0.341 e. The zero-order chi connectivity index (χ0) is 21.2. The number of benzene rings is 2. The first-order chi connectivity index (χ1) is 15.2. The molecule has 1 aliphatic carbocycles. The highest BCUT2D eigenvalue weighted by Gasteiger charge is 2.40. The first kappa shape index (κ1) is 20.5. The van der Waals surface area contributed by atoms with E-state index in [-0.39, 0.29) is 5.91 Å². The van der Waals surface area contributed by atoms with Crippen LogP contribution in [0.15, 0.2) is 60.7 Å². The molecular weight excluding hydrogens is 380 g/mol. The summed E-state index contributed by atoms with van der Waals surface area (Å²) in [5, 5.41) is 0. The van der Waals surface area contributed by atoms with Crippen LogP contribution in [0.1, 0.15) is 42.9 Å². The molecule has 3 atom stereocenters. The van der Waals surface area contributed by atoms with Crippen molar-refractivity contribution in [2.75, 3.05) is 26.2 Å². The molecule has 0 saturated carbocycles. The van der Waals surface area contributed by atoms with Crippen LogP contribution < -0.4 is 0 Å². The number of likely N-dealkylation sites (tertiary alicyclic amines) is 2. The van der Waals surface area contributed by atoms with Crippen LogP contribution in [0.3, 0.4) is 0 Å². The minimum atomic E-state index is 0.270. The molecule has 0 aromatic heterocycles. The number of allylic oxidation sites excluding steroid dienone is 1. The quantitative estimate of drug-likeness (QED) is 0.677. The maximum atomic E-state index is 12.8. The molecule has 2 saturated heterocycles. The van der Waals surface area contributed by atoms with E-state index in [2.05, 4.69) is 47.1 Å². The van der Waals surface area contributed by atoms with Gasteiger partial charge in [0.1, 0.15) is 0 Å². The number of carbonyl (C=O) groups excluding carboxylic acids is 1. The van der Waals surface area contributed by atoms with Crippen molar-refractivity contribution >= 4 is 11.5 Å². The van der Waals surface area contributed by atoms with Crippen molar-refractivity contribution in [2.24, 2.45) is 11.8 Å². The van der Waals surface area contributed by atoms with E-state index in [0.29, 0.717) is 18.3 Å². The Morgan fingerprint density at radius 3 is 2.55 bits per heavy atom. The number of amides is 1. The van der Waals surface area contributed by atoms with Crippen LogP contribution in [0.2, 0.25) is 0 Å². The van der Waals surface area contributed by atoms with E-state index in [1.54, 1.807) is 0 Å². The number of carbonyl (C=O) groups is 1. The Morgan fingerprint density at radius 1 is 1.00 bits per heavy atom. The van der Waals surface area contributed by atoms with Crippen molar-refractivity contribution in [1.29, 1.82) is 0 Å². The van der Waals surface area contributed by atoms with E-state index in [4.69, 9.17) is 0 Å². The molecule has 1 amide bonds. The largest absolute Gasteiger partial charge is 0.341 e. The van der Waals surface area contributed by atoms with Gasteiger partial charge in [-0.2, -0.15) is 0 Å². The summed E-state index contributed by atoms with van der Waals surface area (Å²) < 4.78 is 0. The van der Waals surface area contributed by atoms with Crippen LogP contribution in [-0.4, -0.2) is 47.9 Å². The second-order valence-corrected chi connectivity index (χ2v) is 9.70. The fraction of sp³-hybridized carbons (Fsp3) is 0.464. The fourth-order valence-electron chi connectivity index (χ4n) is 5.77. The van der Waals surface area contributed by atoms with Gasteiger partial charge in [0.15, 0.2) is 0 Å². The van der Waals surface area contributed by atoms with Crippen molar-refractivity contribution in [3.8, 4) is 0 Å². The lowest BCUT2D eigenvalue weighted by Gasteiger charge is -2.21. The predicted octanol–water partition coefficient (Wildman–Crippen LogP) is 4.82. The Kier molecular flexibility index (Phi) is 5.95. The Hall–Kier alpha value is -2.39. The molecule has 2 aromatic rings. The van der Waals surface area contributed by atoms with Gasteiger partial charge < -0.3 is 9.80 Å². The highest BCUT2D eigenvalue weighted by atomic mass is 16.2. The maximum absolute atomic E-state index is 12.8. The first-order valence-electron chi connectivity index (χ1n) is 12.0. The Morgan fingerprint density at radius 2 is 1.81 bits per heavy atom. The predicted molar refractivity (Wildman–Crippen MR) is 127 cm³/mol. The van der Waals surface area contributed by atoms with Crippen molar-refractivity contribution in [2.45, 2.75) is 45.1 Å². The van der Waals surface area contributed by atoms with Crippen LogP contribution in [0.25, 0.3) is 5.57 Å². The number of nitrogens with zero attached hydrogens (tertiary/aromatic N) is 2. The number of hydrogen-bond acceptors (Lipinski definition) is 2. The molecule has 0 bridgehead atoms. The molecular formula is C28H34N2O. The average molecular weight is 415 g/mol. The summed E-state index contributed by atoms with van der Waals surface area (Å²) in [6.07, 6.45) is 7.88. The third-order valence-electron chi connectivity index (χ3n) is 7.70. The van der Waals surface area contributed by atoms with Gasteiger partial charge in [-0.15, -0.1) is 0 Å². The van der Waals surface area contributed by atoms with Crippen LogP contribution in [-0.2, 0) is 17.6 Å². The highest BCUT2D eigenvalue weighted by Crippen LogP contribution is 2.43. The van der Waals surface area contributed by atoms with Crippen molar-refractivity contribution in [1.82, 2.24) is 9.80 Å². The molecule has 0 radical (unpaired) electrons. The number of hydrogen-bond donors (Lipinski definition) is 0. The third-order valence-corrected chi connectivity index (χ3v) is 7.70. The van der Waals surface area contributed by atoms with E-state index in [9.17, 15) is 4.79 Å². The van der Waals surface area contributed by atoms with Gasteiger partial charge in [0.2, 0.25) is 5.91 Å². The normalized spacial score (nSPS) is 25.6. The van der Waals surface area contributed by atoms with Crippen molar-refractivity contribution in [3.63, 3.8) is 0 Å². The molecule has 0 N–H and O–H groups in total. The lowest BCUT2D eigenvalue weighted by atomic mass is 9.90. The van der Waals surface area contributed by atoms with E-state index in [0.717, 1.165) is 37.5 Å². The number of rotatable bonds is 6. The van der Waals surface area contributed by atoms with Gasteiger partial charge in [-0.05, 0) is 67.3 Å². The summed E-state index contributed by atoms with van der Waals surface area (Å²) in [6.45, 7) is 6.56. The van der Waals surface area contributed by atoms with Crippen LogP contribution >= 0.6 is 0 Å². The third kappa shape index (κ3) is 4.48. The summed E-state index contributed by atoms with van der Waals surface area (Å²) in [7, 11) is 0. The molecule has 5 rings (SSSR count). The van der Waals surface area contributed by atoms with E-state index in [1.807, 2.05) is 30.3 Å². The summed E-state index contributed by atoms with van der Waals surface area (Å²) in [5.74, 6) is 1.36. The molecule has 0 spiro atoms. The van der Waals surface area contributed by atoms with Gasteiger partial charge in [-0.1, -0.05) is 60.7 Å². The molecule has 3 aliphatic rings. The fourth-order valence-corrected chi connectivity index (χ4v) is 5.77. The van der Waals surface area contributed by atoms with Crippen LogP contribution in [0.5, 0.6) is 0 Å². The molecule has 3 heteroatoms. The van der Waals surface area contributed by atoms with E-state index >= 15 is 0 Å².